The molecule has 2 aliphatic rings. The quantitative estimate of drug-likeness (QED) is 0.260. The molecule has 1 saturated heterocycles. The molecule has 8 nitrogen and oxygen atoms in total. The van der Waals surface area contributed by atoms with Crippen molar-refractivity contribution in [2.75, 3.05) is 16.8 Å². The van der Waals surface area contributed by atoms with Crippen molar-refractivity contribution >= 4 is 75.4 Å². The van der Waals surface area contributed by atoms with Crippen LogP contribution >= 0.6 is 46.3 Å². The maximum atomic E-state index is 13.8. The number of aromatic nitrogens is 1. The van der Waals surface area contributed by atoms with Crippen LogP contribution in [-0.2, 0) is 14.4 Å². The largest absolute Gasteiger partial charge is 0.484 e. The molecule has 0 unspecified atom stereocenters. The molecule has 0 saturated carbocycles. The van der Waals surface area contributed by atoms with Gasteiger partial charge < -0.3 is 15.0 Å². The van der Waals surface area contributed by atoms with E-state index < -0.39 is 17.1 Å². The Labute approximate surface area is 252 Å². The molecule has 41 heavy (non-hydrogen) atoms. The number of aryl methyl sites for hydroxylation is 1. The fourth-order valence-corrected chi connectivity index (χ4v) is 7.83. The minimum Gasteiger partial charge on any atom is -0.484 e. The summed E-state index contributed by atoms with van der Waals surface area (Å²) in [6.45, 7) is 1.69. The van der Waals surface area contributed by atoms with Crippen molar-refractivity contribution in [1.82, 2.24) is 4.98 Å². The van der Waals surface area contributed by atoms with Gasteiger partial charge in [-0.1, -0.05) is 76.1 Å². The Morgan fingerprint density at radius 1 is 0.976 bits per heavy atom. The number of carbonyl (C=O) groups is 3. The second kappa shape index (κ2) is 11.0. The monoisotopic (exact) mass is 625 g/mol. The molecule has 12 heteroatoms. The zero-order valence-corrected chi connectivity index (χ0v) is 24.5. The van der Waals surface area contributed by atoms with Crippen LogP contribution in [-0.4, -0.2) is 34.6 Å². The van der Waals surface area contributed by atoms with Gasteiger partial charge in [0.15, 0.2) is 6.61 Å². The zero-order chi connectivity index (χ0) is 28.8. The average Bonchev–Trinajstić information content (AvgIpc) is 3.44. The van der Waals surface area contributed by atoms with E-state index in [0.717, 1.165) is 27.3 Å². The SMILES string of the molecule is Cc1ccc(N2C(=O)[C@H]3[C@H](c4ccc(OCC(=O)Nc5ccc(Cl)c(Cl)c5)cc4)c4sc(=O)[nH]c4S[C@H]3C2=O)cc1. The van der Waals surface area contributed by atoms with Crippen molar-refractivity contribution in [1.29, 1.82) is 0 Å². The molecule has 3 heterocycles. The van der Waals surface area contributed by atoms with Crippen LogP contribution in [0.1, 0.15) is 21.9 Å². The van der Waals surface area contributed by atoms with E-state index in [1.807, 2.05) is 19.1 Å². The van der Waals surface area contributed by atoms with E-state index in [-0.39, 0.29) is 29.2 Å². The second-order valence-electron chi connectivity index (χ2n) is 9.63. The first kappa shape index (κ1) is 27.6. The first-order chi connectivity index (χ1) is 19.7. The number of fused-ring (bicyclic) bond motifs is 2. The second-order valence-corrected chi connectivity index (χ2v) is 12.6. The number of hydrogen-bond acceptors (Lipinski definition) is 7. The third-order valence-corrected chi connectivity index (χ3v) is 10.1. The lowest BCUT2D eigenvalue weighted by molar-refractivity contribution is -0.122. The van der Waals surface area contributed by atoms with Gasteiger partial charge in [-0.15, -0.1) is 0 Å². The van der Waals surface area contributed by atoms with Crippen LogP contribution in [0.3, 0.4) is 0 Å². The van der Waals surface area contributed by atoms with Crippen molar-refractivity contribution in [3.8, 4) is 5.75 Å². The molecule has 0 aliphatic carbocycles. The van der Waals surface area contributed by atoms with Crippen LogP contribution in [0.25, 0.3) is 0 Å². The third-order valence-electron chi connectivity index (χ3n) is 6.93. The lowest BCUT2D eigenvalue weighted by Gasteiger charge is -2.29. The molecular formula is C29H21Cl2N3O5S2. The van der Waals surface area contributed by atoms with Crippen LogP contribution in [0.15, 0.2) is 76.6 Å². The van der Waals surface area contributed by atoms with Crippen LogP contribution < -0.4 is 19.8 Å². The fourth-order valence-electron chi connectivity index (χ4n) is 5.02. The van der Waals surface area contributed by atoms with Gasteiger partial charge in [0.2, 0.25) is 11.8 Å². The highest BCUT2D eigenvalue weighted by Crippen LogP contribution is 2.53. The van der Waals surface area contributed by atoms with E-state index in [0.29, 0.717) is 32.2 Å². The number of rotatable bonds is 6. The summed E-state index contributed by atoms with van der Waals surface area (Å²) in [7, 11) is 0. The lowest BCUT2D eigenvalue weighted by atomic mass is 9.83. The molecule has 3 aromatic carbocycles. The number of nitrogens with one attached hydrogen (secondary N) is 2. The Hall–Kier alpha value is -3.57. The van der Waals surface area contributed by atoms with Crippen molar-refractivity contribution < 1.29 is 19.1 Å². The number of amides is 3. The smallest absolute Gasteiger partial charge is 0.305 e. The number of ether oxygens (including phenoxy) is 1. The van der Waals surface area contributed by atoms with Crippen LogP contribution in [0.2, 0.25) is 10.0 Å². The Balaban J connectivity index is 1.23. The number of anilines is 2. The van der Waals surface area contributed by atoms with Gasteiger partial charge in [0.25, 0.3) is 5.91 Å². The summed E-state index contributed by atoms with van der Waals surface area (Å²) >= 11 is 14.2. The highest BCUT2D eigenvalue weighted by Gasteiger charge is 2.56. The summed E-state index contributed by atoms with van der Waals surface area (Å²) in [5, 5.41) is 3.34. The van der Waals surface area contributed by atoms with Gasteiger partial charge in [-0.25, -0.2) is 4.90 Å². The van der Waals surface area contributed by atoms with Crippen molar-refractivity contribution in [3.05, 3.63) is 102 Å². The lowest BCUT2D eigenvalue weighted by Crippen LogP contribution is -2.32. The van der Waals surface area contributed by atoms with Crippen LogP contribution in [0.5, 0.6) is 5.75 Å². The van der Waals surface area contributed by atoms with Gasteiger partial charge in [0.1, 0.15) is 11.0 Å². The van der Waals surface area contributed by atoms with Crippen molar-refractivity contribution in [2.45, 2.75) is 23.1 Å². The van der Waals surface area contributed by atoms with Crippen LogP contribution in [0.4, 0.5) is 11.4 Å². The minimum absolute atomic E-state index is 0.240. The molecule has 0 bridgehead atoms. The van der Waals surface area contributed by atoms with E-state index in [2.05, 4.69) is 10.3 Å². The van der Waals surface area contributed by atoms with Gasteiger partial charge in [-0.2, -0.15) is 0 Å². The summed E-state index contributed by atoms with van der Waals surface area (Å²) in [5.74, 6) is -1.72. The maximum Gasteiger partial charge on any atom is 0.305 e. The Kier molecular flexibility index (Phi) is 7.41. The Bertz CT molecular complexity index is 1740. The molecular weight excluding hydrogens is 605 g/mol. The molecule has 0 spiro atoms. The highest BCUT2D eigenvalue weighted by molar-refractivity contribution is 8.00. The van der Waals surface area contributed by atoms with E-state index >= 15 is 0 Å². The highest BCUT2D eigenvalue weighted by atomic mass is 35.5. The van der Waals surface area contributed by atoms with Crippen molar-refractivity contribution in [3.63, 3.8) is 0 Å². The molecule has 208 valence electrons. The first-order valence-corrected chi connectivity index (χ1v) is 15.0. The maximum absolute atomic E-state index is 13.8. The number of hydrogen-bond donors (Lipinski definition) is 2. The molecule has 2 aliphatic heterocycles. The van der Waals surface area contributed by atoms with E-state index in [4.69, 9.17) is 27.9 Å². The summed E-state index contributed by atoms with van der Waals surface area (Å²) in [6, 6.07) is 19.0. The topological polar surface area (TPSA) is 109 Å². The molecule has 1 fully saturated rings. The minimum atomic E-state index is -0.684. The van der Waals surface area contributed by atoms with E-state index in [1.165, 1.54) is 16.7 Å². The predicted octanol–water partition coefficient (Wildman–Crippen LogP) is 5.86. The zero-order valence-electron chi connectivity index (χ0n) is 21.4. The Morgan fingerprint density at radius 3 is 2.41 bits per heavy atom. The predicted molar refractivity (Wildman–Crippen MR) is 161 cm³/mol. The number of nitrogens with zero attached hydrogens (tertiary/aromatic N) is 1. The van der Waals surface area contributed by atoms with Gasteiger partial charge in [0, 0.05) is 16.5 Å². The number of halogens is 2. The summed E-state index contributed by atoms with van der Waals surface area (Å²) in [5.41, 5.74) is 2.80. The molecule has 1 aromatic heterocycles. The number of aromatic amines is 1. The van der Waals surface area contributed by atoms with Gasteiger partial charge in [-0.05, 0) is 55.0 Å². The molecule has 6 rings (SSSR count). The van der Waals surface area contributed by atoms with Gasteiger partial charge in [-0.3, -0.25) is 19.2 Å². The van der Waals surface area contributed by atoms with Gasteiger partial charge >= 0.3 is 4.87 Å². The van der Waals surface area contributed by atoms with Crippen molar-refractivity contribution in [2.24, 2.45) is 5.92 Å². The number of benzene rings is 3. The molecule has 0 radical (unpaired) electrons. The van der Waals surface area contributed by atoms with Crippen LogP contribution in [0, 0.1) is 12.8 Å². The van der Waals surface area contributed by atoms with Gasteiger partial charge in [0.05, 0.1) is 26.7 Å². The van der Waals surface area contributed by atoms with E-state index in [9.17, 15) is 19.2 Å². The normalized spacial score (nSPS) is 19.6. The third kappa shape index (κ3) is 5.28. The number of thioether (sulfide) groups is 1. The standard InChI is InChI=1S/C29H21Cl2N3O5S2/c1-14-2-7-17(8-3-14)34-27(36)23-22(24-26(33-29(38)41-24)40-25(23)28(34)37)15-4-9-18(10-5-15)39-13-21(35)32-16-6-11-19(30)20(31)12-16/h2-12,22-23,25H,13H2,1H3,(H,32,35)(H,33,38)/t22-,23-,25+/m0/s1. The Morgan fingerprint density at radius 2 is 1.71 bits per heavy atom. The van der Waals surface area contributed by atoms with E-state index in [1.54, 1.807) is 54.6 Å². The summed E-state index contributed by atoms with van der Waals surface area (Å²) in [6.07, 6.45) is 0. The number of imide groups is 1. The number of H-pyrrole nitrogens is 1. The average molecular weight is 627 g/mol. The number of carbonyl (C=O) groups excluding carboxylic acids is 3. The first-order valence-electron chi connectivity index (χ1n) is 12.5. The summed E-state index contributed by atoms with van der Waals surface area (Å²) in [4.78, 5) is 56.6. The number of thiazole rings is 1. The molecule has 3 amide bonds. The fraction of sp³-hybridized carbons (Fsp3) is 0.172. The molecule has 3 atom stereocenters. The summed E-state index contributed by atoms with van der Waals surface area (Å²) < 4.78 is 5.66. The molecule has 4 aromatic rings. The molecule has 2 N–H and O–H groups in total.